The van der Waals surface area contributed by atoms with Gasteiger partial charge in [-0.15, -0.1) is 0 Å². The first-order chi connectivity index (χ1) is 12.4. The number of benzene rings is 1. The van der Waals surface area contributed by atoms with Gasteiger partial charge in [-0.25, -0.2) is 9.48 Å². The SMILES string of the molecule is C[C@@H]1CN(C(=O)Cn2nc(-c3ccccc3)ccc2=O)CC(C(=O)O)O1. The molecular formula is C18H19N3O5. The van der Waals surface area contributed by atoms with Gasteiger partial charge in [0.25, 0.3) is 5.56 Å². The lowest BCUT2D eigenvalue weighted by atomic mass is 10.1. The number of hydrogen-bond acceptors (Lipinski definition) is 5. The van der Waals surface area contributed by atoms with E-state index in [0.29, 0.717) is 5.69 Å². The molecule has 1 saturated heterocycles. The largest absolute Gasteiger partial charge is 0.479 e. The van der Waals surface area contributed by atoms with E-state index < -0.39 is 23.7 Å². The zero-order valence-electron chi connectivity index (χ0n) is 14.2. The van der Waals surface area contributed by atoms with Crippen LogP contribution in [0, 0.1) is 0 Å². The molecule has 8 heteroatoms. The standard InChI is InChI=1S/C18H19N3O5/c1-12-9-20(10-15(26-12)18(24)25)17(23)11-21-16(22)8-7-14(19-21)13-5-3-2-4-6-13/h2-8,12,15H,9-11H2,1H3,(H,24,25)/t12-,15?/m1/s1. The number of carboxylic acids is 1. The van der Waals surface area contributed by atoms with E-state index >= 15 is 0 Å². The van der Waals surface area contributed by atoms with Crippen molar-refractivity contribution in [2.24, 2.45) is 0 Å². The number of carbonyl (C=O) groups is 2. The first-order valence-electron chi connectivity index (χ1n) is 8.23. The zero-order chi connectivity index (χ0) is 18.7. The molecule has 26 heavy (non-hydrogen) atoms. The molecule has 0 radical (unpaired) electrons. The Hall–Kier alpha value is -3.00. The highest BCUT2D eigenvalue weighted by Crippen LogP contribution is 2.15. The van der Waals surface area contributed by atoms with Crippen LogP contribution in [0.2, 0.25) is 0 Å². The quantitative estimate of drug-likeness (QED) is 0.860. The van der Waals surface area contributed by atoms with Crippen LogP contribution in [0.5, 0.6) is 0 Å². The third kappa shape index (κ3) is 3.97. The van der Waals surface area contributed by atoms with Crippen molar-refractivity contribution in [2.45, 2.75) is 25.7 Å². The van der Waals surface area contributed by atoms with Crippen molar-refractivity contribution in [3.05, 3.63) is 52.8 Å². The molecule has 1 aliphatic heterocycles. The fourth-order valence-corrected chi connectivity index (χ4v) is 2.84. The maximum absolute atomic E-state index is 12.6. The lowest BCUT2D eigenvalue weighted by Gasteiger charge is -2.34. The summed E-state index contributed by atoms with van der Waals surface area (Å²) in [5, 5.41) is 13.4. The maximum Gasteiger partial charge on any atom is 0.334 e. The molecule has 1 unspecified atom stereocenters. The minimum absolute atomic E-state index is 0.0500. The molecule has 2 aromatic rings. The Morgan fingerprint density at radius 2 is 1.92 bits per heavy atom. The third-order valence-electron chi connectivity index (χ3n) is 4.11. The highest BCUT2D eigenvalue weighted by atomic mass is 16.5. The van der Waals surface area contributed by atoms with Gasteiger partial charge in [0.2, 0.25) is 5.91 Å². The van der Waals surface area contributed by atoms with E-state index in [1.165, 1.54) is 11.0 Å². The Morgan fingerprint density at radius 3 is 2.62 bits per heavy atom. The average Bonchev–Trinajstić information content (AvgIpc) is 2.63. The van der Waals surface area contributed by atoms with Crippen LogP contribution in [0.3, 0.4) is 0 Å². The maximum atomic E-state index is 12.6. The molecule has 0 spiro atoms. The number of amides is 1. The Morgan fingerprint density at radius 1 is 1.19 bits per heavy atom. The van der Waals surface area contributed by atoms with Crippen molar-refractivity contribution in [1.82, 2.24) is 14.7 Å². The Kier molecular flexibility index (Phi) is 5.13. The van der Waals surface area contributed by atoms with Crippen LogP contribution in [-0.4, -0.2) is 57.0 Å². The van der Waals surface area contributed by atoms with Crippen LogP contribution in [0.4, 0.5) is 0 Å². The summed E-state index contributed by atoms with van der Waals surface area (Å²) in [5.41, 5.74) is 1.02. The number of hydrogen-bond donors (Lipinski definition) is 1. The molecule has 1 fully saturated rings. The number of ether oxygens (including phenoxy) is 1. The molecule has 2 atom stereocenters. The highest BCUT2D eigenvalue weighted by Gasteiger charge is 2.32. The van der Waals surface area contributed by atoms with Gasteiger partial charge >= 0.3 is 5.97 Å². The fourth-order valence-electron chi connectivity index (χ4n) is 2.84. The molecule has 1 amide bonds. The van der Waals surface area contributed by atoms with Gasteiger partial charge in [-0.2, -0.15) is 5.10 Å². The monoisotopic (exact) mass is 357 g/mol. The minimum atomic E-state index is -1.12. The summed E-state index contributed by atoms with van der Waals surface area (Å²) < 4.78 is 6.40. The summed E-state index contributed by atoms with van der Waals surface area (Å²) >= 11 is 0. The van der Waals surface area contributed by atoms with Gasteiger partial charge in [0.1, 0.15) is 6.54 Å². The van der Waals surface area contributed by atoms with Gasteiger partial charge in [0.05, 0.1) is 18.3 Å². The second-order valence-corrected chi connectivity index (χ2v) is 6.15. The smallest absolute Gasteiger partial charge is 0.334 e. The van der Waals surface area contributed by atoms with Gasteiger partial charge < -0.3 is 14.7 Å². The van der Waals surface area contributed by atoms with Crippen molar-refractivity contribution in [3.8, 4) is 11.3 Å². The van der Waals surface area contributed by atoms with Crippen molar-refractivity contribution < 1.29 is 19.4 Å². The van der Waals surface area contributed by atoms with E-state index in [2.05, 4.69) is 5.10 Å². The van der Waals surface area contributed by atoms with Crippen LogP contribution in [0.15, 0.2) is 47.3 Å². The lowest BCUT2D eigenvalue weighted by molar-refractivity contribution is -0.166. The van der Waals surface area contributed by atoms with E-state index in [1.54, 1.807) is 13.0 Å². The molecular weight excluding hydrogens is 338 g/mol. The molecule has 2 heterocycles. The molecule has 8 nitrogen and oxygen atoms in total. The van der Waals surface area contributed by atoms with Gasteiger partial charge in [-0.3, -0.25) is 9.59 Å². The molecule has 0 bridgehead atoms. The second-order valence-electron chi connectivity index (χ2n) is 6.15. The Balaban J connectivity index is 1.79. The predicted molar refractivity (Wildman–Crippen MR) is 92.5 cm³/mol. The second kappa shape index (κ2) is 7.49. The number of carboxylic acid groups (broad SMARTS) is 1. The average molecular weight is 357 g/mol. The number of carbonyl (C=O) groups excluding carboxylic acids is 1. The number of morpholine rings is 1. The summed E-state index contributed by atoms with van der Waals surface area (Å²) in [6.45, 7) is 1.68. The van der Waals surface area contributed by atoms with Gasteiger partial charge in [0, 0.05) is 18.2 Å². The van der Waals surface area contributed by atoms with E-state index in [9.17, 15) is 14.4 Å². The normalized spacial score (nSPS) is 20.0. The minimum Gasteiger partial charge on any atom is -0.479 e. The van der Waals surface area contributed by atoms with Crippen LogP contribution < -0.4 is 5.56 Å². The summed E-state index contributed by atoms with van der Waals surface area (Å²) in [5.74, 6) is -1.48. The zero-order valence-corrected chi connectivity index (χ0v) is 14.2. The molecule has 1 aromatic carbocycles. The fraction of sp³-hybridized carbons (Fsp3) is 0.333. The number of rotatable bonds is 4. The van der Waals surface area contributed by atoms with Crippen molar-refractivity contribution in [2.75, 3.05) is 13.1 Å². The molecule has 1 N–H and O–H groups in total. The van der Waals surface area contributed by atoms with Crippen LogP contribution in [0.1, 0.15) is 6.92 Å². The summed E-state index contributed by atoms with van der Waals surface area (Å²) in [6.07, 6.45) is -1.46. The first kappa shape index (κ1) is 17.8. The van der Waals surface area contributed by atoms with Crippen LogP contribution >= 0.6 is 0 Å². The first-order valence-corrected chi connectivity index (χ1v) is 8.23. The van der Waals surface area contributed by atoms with Gasteiger partial charge in [-0.1, -0.05) is 30.3 Å². The van der Waals surface area contributed by atoms with Crippen LogP contribution in [-0.2, 0) is 20.9 Å². The summed E-state index contributed by atoms with van der Waals surface area (Å²) in [6, 6.07) is 12.3. The summed E-state index contributed by atoms with van der Waals surface area (Å²) in [7, 11) is 0. The van der Waals surface area contributed by atoms with E-state index in [4.69, 9.17) is 9.84 Å². The van der Waals surface area contributed by atoms with Crippen molar-refractivity contribution in [1.29, 1.82) is 0 Å². The van der Waals surface area contributed by atoms with E-state index in [1.807, 2.05) is 30.3 Å². The van der Waals surface area contributed by atoms with Crippen LogP contribution in [0.25, 0.3) is 11.3 Å². The van der Waals surface area contributed by atoms with E-state index in [0.717, 1.165) is 10.2 Å². The lowest BCUT2D eigenvalue weighted by Crippen LogP contribution is -2.53. The Bertz CT molecular complexity index is 865. The van der Waals surface area contributed by atoms with Crippen molar-refractivity contribution >= 4 is 11.9 Å². The number of nitrogens with zero attached hydrogens (tertiary/aromatic N) is 3. The number of aromatic nitrogens is 2. The molecule has 3 rings (SSSR count). The van der Waals surface area contributed by atoms with Gasteiger partial charge in [0.15, 0.2) is 6.10 Å². The molecule has 1 aliphatic rings. The van der Waals surface area contributed by atoms with Gasteiger partial charge in [-0.05, 0) is 13.0 Å². The molecule has 136 valence electrons. The number of aliphatic carboxylic acids is 1. The van der Waals surface area contributed by atoms with Crippen molar-refractivity contribution in [3.63, 3.8) is 0 Å². The predicted octanol–water partition coefficient (Wildman–Crippen LogP) is 0.611. The summed E-state index contributed by atoms with van der Waals surface area (Å²) in [4.78, 5) is 37.2. The molecule has 0 saturated carbocycles. The third-order valence-corrected chi connectivity index (χ3v) is 4.11. The molecule has 1 aromatic heterocycles. The van der Waals surface area contributed by atoms with E-state index in [-0.39, 0.29) is 25.5 Å². The Labute approximate surface area is 149 Å². The topological polar surface area (TPSA) is 102 Å². The molecule has 0 aliphatic carbocycles. The highest BCUT2D eigenvalue weighted by molar-refractivity contribution is 5.78.